The molecule has 3 nitrogen and oxygen atoms in total. The highest BCUT2D eigenvalue weighted by atomic mass is 16.6. The summed E-state index contributed by atoms with van der Waals surface area (Å²) in [5.74, 6) is 0.0660. The van der Waals surface area contributed by atoms with E-state index in [-0.39, 0.29) is 12.0 Å². The largest absolute Gasteiger partial charge is 0.448 e. The quantitative estimate of drug-likeness (QED) is 0.494. The molecule has 3 aromatic carbocycles. The summed E-state index contributed by atoms with van der Waals surface area (Å²) in [7, 11) is 0. The van der Waals surface area contributed by atoms with Gasteiger partial charge in [-0.3, -0.25) is 0 Å². The zero-order chi connectivity index (χ0) is 20.2. The highest BCUT2D eigenvalue weighted by Crippen LogP contribution is 2.44. The third-order valence-electron chi connectivity index (χ3n) is 5.44. The van der Waals surface area contributed by atoms with Crippen LogP contribution in [0.3, 0.4) is 0 Å². The second-order valence-corrected chi connectivity index (χ2v) is 7.46. The smallest absolute Gasteiger partial charge is 0.410 e. The molecule has 0 unspecified atom stereocenters. The van der Waals surface area contributed by atoms with Crippen LogP contribution in [0.25, 0.3) is 11.1 Å². The Balaban J connectivity index is 1.49. The van der Waals surface area contributed by atoms with Crippen LogP contribution in [0.1, 0.15) is 28.2 Å². The second kappa shape index (κ2) is 8.36. The molecule has 0 heterocycles. The van der Waals surface area contributed by atoms with Crippen LogP contribution in [-0.4, -0.2) is 24.1 Å². The van der Waals surface area contributed by atoms with Gasteiger partial charge in [0.2, 0.25) is 0 Å². The lowest BCUT2D eigenvalue weighted by Gasteiger charge is -2.22. The fraction of sp³-hybridized carbons (Fsp3) is 0.192. The summed E-state index contributed by atoms with van der Waals surface area (Å²) >= 11 is 0. The predicted octanol–water partition coefficient (Wildman–Crippen LogP) is 5.93. The van der Waals surface area contributed by atoms with Crippen molar-refractivity contribution >= 4 is 6.09 Å². The van der Waals surface area contributed by atoms with Crippen molar-refractivity contribution in [2.45, 2.75) is 19.4 Å². The third kappa shape index (κ3) is 3.95. The van der Waals surface area contributed by atoms with Crippen LogP contribution in [0, 0.1) is 6.92 Å². The van der Waals surface area contributed by atoms with Crippen LogP contribution in [0.5, 0.6) is 0 Å². The molecule has 0 radical (unpaired) electrons. The fourth-order valence-corrected chi connectivity index (χ4v) is 3.96. The molecule has 3 heteroatoms. The van der Waals surface area contributed by atoms with Gasteiger partial charge >= 0.3 is 6.09 Å². The van der Waals surface area contributed by atoms with E-state index < -0.39 is 0 Å². The summed E-state index contributed by atoms with van der Waals surface area (Å²) in [6, 6.07) is 24.9. The normalized spacial score (nSPS) is 12.2. The predicted molar refractivity (Wildman–Crippen MR) is 117 cm³/mol. The first-order valence-corrected chi connectivity index (χ1v) is 9.93. The van der Waals surface area contributed by atoms with Gasteiger partial charge in [0, 0.05) is 19.0 Å². The summed E-state index contributed by atoms with van der Waals surface area (Å²) in [4.78, 5) is 14.5. The van der Waals surface area contributed by atoms with E-state index in [4.69, 9.17) is 4.74 Å². The Kier molecular flexibility index (Phi) is 5.48. The van der Waals surface area contributed by atoms with Crippen LogP contribution in [0.15, 0.2) is 85.5 Å². The van der Waals surface area contributed by atoms with E-state index in [2.05, 4.69) is 62.0 Å². The molecule has 0 aliphatic heterocycles. The van der Waals surface area contributed by atoms with Gasteiger partial charge in [-0.05, 0) is 34.7 Å². The molecule has 0 saturated carbocycles. The van der Waals surface area contributed by atoms with Crippen molar-refractivity contribution in [2.24, 2.45) is 0 Å². The van der Waals surface area contributed by atoms with Gasteiger partial charge in [0.25, 0.3) is 0 Å². The molecule has 0 bridgehead atoms. The Hall–Kier alpha value is -3.33. The number of aryl methyl sites for hydroxylation is 1. The number of rotatable bonds is 6. The third-order valence-corrected chi connectivity index (χ3v) is 5.44. The van der Waals surface area contributed by atoms with Gasteiger partial charge in [-0.2, -0.15) is 0 Å². The van der Waals surface area contributed by atoms with E-state index in [0.29, 0.717) is 19.7 Å². The maximum absolute atomic E-state index is 12.8. The average Bonchev–Trinajstić information content (AvgIpc) is 3.07. The minimum Gasteiger partial charge on any atom is -0.448 e. The maximum Gasteiger partial charge on any atom is 0.410 e. The Labute approximate surface area is 172 Å². The molecule has 146 valence electrons. The van der Waals surface area contributed by atoms with Crippen molar-refractivity contribution in [2.75, 3.05) is 13.2 Å². The van der Waals surface area contributed by atoms with Crippen LogP contribution >= 0.6 is 0 Å². The number of nitrogens with zero attached hydrogens (tertiary/aromatic N) is 1. The van der Waals surface area contributed by atoms with Crippen molar-refractivity contribution in [3.05, 3.63) is 108 Å². The monoisotopic (exact) mass is 383 g/mol. The zero-order valence-electron chi connectivity index (χ0n) is 16.7. The number of hydrogen-bond acceptors (Lipinski definition) is 2. The molecule has 0 spiro atoms. The number of carbonyl (C=O) groups excluding carboxylic acids is 1. The van der Waals surface area contributed by atoms with E-state index in [9.17, 15) is 4.79 Å². The highest BCUT2D eigenvalue weighted by molar-refractivity contribution is 5.79. The number of fused-ring (bicyclic) bond motifs is 3. The van der Waals surface area contributed by atoms with E-state index in [1.807, 2.05) is 24.3 Å². The summed E-state index contributed by atoms with van der Waals surface area (Å²) in [6.07, 6.45) is 1.42. The summed E-state index contributed by atoms with van der Waals surface area (Å²) < 4.78 is 5.79. The average molecular weight is 383 g/mol. The molecular weight excluding hydrogens is 358 g/mol. The lowest BCUT2D eigenvalue weighted by Crippen LogP contribution is -2.32. The summed E-state index contributed by atoms with van der Waals surface area (Å²) in [6.45, 7) is 7.12. The van der Waals surface area contributed by atoms with Gasteiger partial charge in [-0.1, -0.05) is 84.4 Å². The first kappa shape index (κ1) is 19.0. The van der Waals surface area contributed by atoms with Gasteiger partial charge in [-0.15, -0.1) is 6.58 Å². The minimum atomic E-state index is -0.313. The SMILES string of the molecule is C=CCN(Cc1ccc(C)cc1)C(=O)OCC1c2ccccc2-c2ccccc21. The standard InChI is InChI=1S/C26H25NO2/c1-3-16-27(17-20-14-12-19(2)13-15-20)26(28)29-18-25-23-10-6-4-8-21(23)22-9-5-7-11-24(22)25/h3-15,25H,1,16-18H2,2H3. The number of amides is 1. The topological polar surface area (TPSA) is 29.5 Å². The van der Waals surface area contributed by atoms with E-state index in [1.165, 1.54) is 27.8 Å². The van der Waals surface area contributed by atoms with Crippen molar-refractivity contribution in [3.63, 3.8) is 0 Å². The first-order valence-electron chi connectivity index (χ1n) is 9.93. The van der Waals surface area contributed by atoms with Gasteiger partial charge in [0.05, 0.1) is 0 Å². The molecule has 1 aliphatic rings. The fourth-order valence-electron chi connectivity index (χ4n) is 3.96. The molecule has 0 fully saturated rings. The Morgan fingerprint density at radius 3 is 2.14 bits per heavy atom. The molecule has 1 amide bonds. The summed E-state index contributed by atoms with van der Waals surface area (Å²) in [5, 5.41) is 0. The molecule has 0 N–H and O–H groups in total. The first-order chi connectivity index (χ1) is 14.2. The van der Waals surface area contributed by atoms with E-state index in [0.717, 1.165) is 5.56 Å². The number of hydrogen-bond donors (Lipinski definition) is 0. The van der Waals surface area contributed by atoms with Crippen LogP contribution < -0.4 is 0 Å². The van der Waals surface area contributed by atoms with Crippen molar-refractivity contribution < 1.29 is 9.53 Å². The summed E-state index contributed by atoms with van der Waals surface area (Å²) in [5.41, 5.74) is 7.17. The highest BCUT2D eigenvalue weighted by Gasteiger charge is 2.29. The second-order valence-electron chi connectivity index (χ2n) is 7.46. The van der Waals surface area contributed by atoms with Gasteiger partial charge in [-0.25, -0.2) is 4.79 Å². The lowest BCUT2D eigenvalue weighted by atomic mass is 9.98. The molecule has 29 heavy (non-hydrogen) atoms. The van der Waals surface area contributed by atoms with Crippen molar-refractivity contribution in [1.82, 2.24) is 4.90 Å². The van der Waals surface area contributed by atoms with Crippen molar-refractivity contribution in [3.8, 4) is 11.1 Å². The minimum absolute atomic E-state index is 0.0660. The molecule has 1 aliphatic carbocycles. The van der Waals surface area contributed by atoms with Crippen LogP contribution in [0.4, 0.5) is 4.79 Å². The Morgan fingerprint density at radius 1 is 0.966 bits per heavy atom. The van der Waals surface area contributed by atoms with E-state index in [1.54, 1.807) is 11.0 Å². The van der Waals surface area contributed by atoms with Crippen LogP contribution in [0.2, 0.25) is 0 Å². The molecule has 0 atom stereocenters. The number of benzene rings is 3. The van der Waals surface area contributed by atoms with E-state index >= 15 is 0 Å². The molecule has 4 rings (SSSR count). The zero-order valence-corrected chi connectivity index (χ0v) is 16.7. The van der Waals surface area contributed by atoms with Crippen molar-refractivity contribution in [1.29, 1.82) is 0 Å². The number of ether oxygens (including phenoxy) is 1. The maximum atomic E-state index is 12.8. The number of carbonyl (C=O) groups is 1. The van der Waals surface area contributed by atoms with Gasteiger partial charge in [0.15, 0.2) is 0 Å². The molecular formula is C26H25NO2. The Morgan fingerprint density at radius 2 is 1.55 bits per heavy atom. The lowest BCUT2D eigenvalue weighted by molar-refractivity contribution is 0.101. The molecule has 0 saturated heterocycles. The van der Waals surface area contributed by atoms with Gasteiger partial charge in [0.1, 0.15) is 6.61 Å². The molecule has 3 aromatic rings. The Bertz CT molecular complexity index is 977. The molecule has 0 aromatic heterocycles. The van der Waals surface area contributed by atoms with Gasteiger partial charge < -0.3 is 9.64 Å². The van der Waals surface area contributed by atoms with Crippen LogP contribution in [-0.2, 0) is 11.3 Å².